The van der Waals surface area contributed by atoms with Crippen LogP contribution in [0, 0.1) is 24.7 Å². The number of hydrogen-bond acceptors (Lipinski definition) is 2. The third kappa shape index (κ3) is 2.38. The van der Waals surface area contributed by atoms with E-state index in [0.29, 0.717) is 11.6 Å². The van der Waals surface area contributed by atoms with Gasteiger partial charge in [0, 0.05) is 16.1 Å². The second-order valence-electron chi connectivity index (χ2n) is 5.96. The molecule has 0 heterocycles. The second-order valence-corrected chi connectivity index (χ2v) is 6.81. The van der Waals surface area contributed by atoms with E-state index >= 15 is 0 Å². The molecule has 0 aromatic heterocycles. The topological polar surface area (TPSA) is 55.1 Å². The highest BCUT2D eigenvalue weighted by Crippen LogP contribution is 2.48. The molecular formula is C15H19BrN2O. The average Bonchev–Trinajstić information content (AvgIpc) is 2.98. The molecule has 1 amide bonds. The molecule has 3 rings (SSSR count). The molecule has 2 bridgehead atoms. The Morgan fingerprint density at radius 3 is 2.79 bits per heavy atom. The van der Waals surface area contributed by atoms with E-state index in [4.69, 9.17) is 5.73 Å². The highest BCUT2D eigenvalue weighted by molar-refractivity contribution is 9.10. The van der Waals surface area contributed by atoms with Crippen molar-refractivity contribution < 1.29 is 4.79 Å². The van der Waals surface area contributed by atoms with Crippen molar-refractivity contribution in [2.75, 3.05) is 11.1 Å². The molecule has 2 aliphatic rings. The molecule has 3 unspecified atom stereocenters. The van der Waals surface area contributed by atoms with Crippen LogP contribution in [0.2, 0.25) is 0 Å². The number of halogens is 1. The molecule has 3 nitrogen and oxygen atoms in total. The molecule has 1 aromatic rings. The van der Waals surface area contributed by atoms with Crippen LogP contribution >= 0.6 is 15.9 Å². The van der Waals surface area contributed by atoms with Gasteiger partial charge in [0.15, 0.2) is 0 Å². The third-order valence-corrected chi connectivity index (χ3v) is 5.34. The van der Waals surface area contributed by atoms with Gasteiger partial charge >= 0.3 is 0 Å². The van der Waals surface area contributed by atoms with E-state index in [2.05, 4.69) is 21.2 Å². The fraction of sp³-hybridized carbons (Fsp3) is 0.533. The second kappa shape index (κ2) is 4.82. The number of hydrogen-bond donors (Lipinski definition) is 2. The summed E-state index contributed by atoms with van der Waals surface area (Å²) in [5.74, 6) is 1.75. The van der Waals surface area contributed by atoms with Crippen LogP contribution in [0.1, 0.15) is 31.2 Å². The number of rotatable bonds is 2. The molecule has 2 aliphatic carbocycles. The molecule has 3 N–H and O–H groups in total. The zero-order valence-electron chi connectivity index (χ0n) is 11.1. The number of nitrogens with two attached hydrogens (primary N) is 1. The van der Waals surface area contributed by atoms with E-state index in [9.17, 15) is 4.79 Å². The Kier molecular flexibility index (Phi) is 3.29. The van der Waals surface area contributed by atoms with Crippen LogP contribution in [-0.4, -0.2) is 5.91 Å². The average molecular weight is 323 g/mol. The van der Waals surface area contributed by atoms with Gasteiger partial charge in [-0.3, -0.25) is 4.79 Å². The summed E-state index contributed by atoms with van der Waals surface area (Å²) >= 11 is 3.49. The molecule has 0 spiro atoms. The smallest absolute Gasteiger partial charge is 0.227 e. The van der Waals surface area contributed by atoms with Crippen LogP contribution in [-0.2, 0) is 4.79 Å². The maximum absolute atomic E-state index is 12.4. The van der Waals surface area contributed by atoms with Gasteiger partial charge in [0.05, 0.1) is 5.69 Å². The standard InChI is InChI=1S/C15H19BrN2O/c1-8-4-12(16)14(7-13(8)17)18-15(19)11-6-9-2-3-10(11)5-9/h4,7,9-11H,2-3,5-6,17H2,1H3,(H,18,19). The number of benzene rings is 1. The molecule has 2 fully saturated rings. The number of aryl methyl sites for hydroxylation is 1. The van der Waals surface area contributed by atoms with E-state index in [1.165, 1.54) is 19.3 Å². The van der Waals surface area contributed by atoms with E-state index in [1.807, 2.05) is 19.1 Å². The fourth-order valence-electron chi connectivity index (χ4n) is 3.58. The summed E-state index contributed by atoms with van der Waals surface area (Å²) in [6.07, 6.45) is 4.85. The van der Waals surface area contributed by atoms with Crippen LogP contribution in [0.4, 0.5) is 11.4 Å². The Bertz CT molecular complexity index is 529. The summed E-state index contributed by atoms with van der Waals surface area (Å²) in [6, 6.07) is 3.79. The van der Waals surface area contributed by atoms with Crippen molar-refractivity contribution in [2.24, 2.45) is 17.8 Å². The van der Waals surface area contributed by atoms with Crippen molar-refractivity contribution in [3.05, 3.63) is 22.2 Å². The van der Waals surface area contributed by atoms with Crippen molar-refractivity contribution in [1.82, 2.24) is 0 Å². The predicted molar refractivity (Wildman–Crippen MR) is 80.9 cm³/mol. The number of carbonyl (C=O) groups excluding carboxylic acids is 1. The van der Waals surface area contributed by atoms with E-state index in [0.717, 1.165) is 28.1 Å². The summed E-state index contributed by atoms with van der Waals surface area (Å²) < 4.78 is 0.899. The molecule has 3 atom stereocenters. The normalized spacial score (nSPS) is 28.6. The summed E-state index contributed by atoms with van der Waals surface area (Å²) in [4.78, 5) is 12.4. The van der Waals surface area contributed by atoms with Gasteiger partial charge in [0.2, 0.25) is 5.91 Å². The number of nitrogens with one attached hydrogen (secondary N) is 1. The van der Waals surface area contributed by atoms with Crippen molar-refractivity contribution in [1.29, 1.82) is 0 Å². The van der Waals surface area contributed by atoms with Gasteiger partial charge in [0.25, 0.3) is 0 Å². The van der Waals surface area contributed by atoms with Crippen LogP contribution < -0.4 is 11.1 Å². The highest BCUT2D eigenvalue weighted by Gasteiger charge is 2.43. The Labute approximate surface area is 122 Å². The van der Waals surface area contributed by atoms with Gasteiger partial charge < -0.3 is 11.1 Å². The summed E-state index contributed by atoms with van der Waals surface area (Å²) in [7, 11) is 0. The van der Waals surface area contributed by atoms with Gasteiger partial charge in [-0.25, -0.2) is 0 Å². The first kappa shape index (κ1) is 13.0. The Hall–Kier alpha value is -1.03. The quantitative estimate of drug-likeness (QED) is 0.815. The number of anilines is 2. The number of nitrogen functional groups attached to an aromatic ring is 1. The minimum absolute atomic E-state index is 0.163. The maximum atomic E-state index is 12.4. The first-order valence-corrected chi connectivity index (χ1v) is 7.70. The first-order valence-electron chi connectivity index (χ1n) is 6.91. The molecule has 19 heavy (non-hydrogen) atoms. The summed E-state index contributed by atoms with van der Waals surface area (Å²) in [5.41, 5.74) is 8.43. The van der Waals surface area contributed by atoms with E-state index < -0.39 is 0 Å². The van der Waals surface area contributed by atoms with Crippen LogP contribution in [0.25, 0.3) is 0 Å². The van der Waals surface area contributed by atoms with Crippen molar-refractivity contribution in [3.63, 3.8) is 0 Å². The third-order valence-electron chi connectivity index (χ3n) is 4.69. The summed E-state index contributed by atoms with van der Waals surface area (Å²) in [5, 5.41) is 3.04. The number of carbonyl (C=O) groups is 1. The molecule has 2 saturated carbocycles. The highest BCUT2D eigenvalue weighted by atomic mass is 79.9. The van der Waals surface area contributed by atoms with Gasteiger partial charge in [-0.2, -0.15) is 0 Å². The lowest BCUT2D eigenvalue weighted by Gasteiger charge is -2.21. The largest absolute Gasteiger partial charge is 0.398 e. The first-order chi connectivity index (χ1) is 9.04. The molecular weight excluding hydrogens is 304 g/mol. The lowest BCUT2D eigenvalue weighted by atomic mass is 9.88. The SMILES string of the molecule is Cc1cc(Br)c(NC(=O)C2CC3CCC2C3)cc1N. The molecule has 102 valence electrons. The zero-order chi connectivity index (χ0) is 13.6. The minimum atomic E-state index is 0.163. The number of fused-ring (bicyclic) bond motifs is 2. The van der Waals surface area contributed by atoms with Crippen molar-refractivity contribution >= 4 is 33.2 Å². The van der Waals surface area contributed by atoms with Crippen LogP contribution in [0.3, 0.4) is 0 Å². The van der Waals surface area contributed by atoms with Crippen LogP contribution in [0.5, 0.6) is 0 Å². The van der Waals surface area contributed by atoms with E-state index in [-0.39, 0.29) is 11.8 Å². The minimum Gasteiger partial charge on any atom is -0.398 e. The summed E-state index contributed by atoms with van der Waals surface area (Å²) in [6.45, 7) is 1.96. The van der Waals surface area contributed by atoms with Crippen molar-refractivity contribution in [2.45, 2.75) is 32.6 Å². The predicted octanol–water partition coefficient (Wildman–Crippen LogP) is 3.71. The Morgan fingerprint density at radius 2 is 2.16 bits per heavy atom. The zero-order valence-corrected chi connectivity index (χ0v) is 12.7. The lowest BCUT2D eigenvalue weighted by Crippen LogP contribution is -2.27. The number of amides is 1. The van der Waals surface area contributed by atoms with E-state index in [1.54, 1.807) is 0 Å². The van der Waals surface area contributed by atoms with Gasteiger partial charge in [-0.1, -0.05) is 6.42 Å². The molecule has 0 saturated heterocycles. The van der Waals surface area contributed by atoms with Gasteiger partial charge in [-0.05, 0) is 71.6 Å². The molecule has 1 aromatic carbocycles. The Morgan fingerprint density at radius 1 is 1.37 bits per heavy atom. The monoisotopic (exact) mass is 322 g/mol. The molecule has 0 radical (unpaired) electrons. The molecule has 4 heteroatoms. The maximum Gasteiger partial charge on any atom is 0.227 e. The Balaban J connectivity index is 1.75. The van der Waals surface area contributed by atoms with Gasteiger partial charge in [0.1, 0.15) is 0 Å². The van der Waals surface area contributed by atoms with Crippen molar-refractivity contribution in [3.8, 4) is 0 Å². The fourth-order valence-corrected chi connectivity index (χ4v) is 4.13. The van der Waals surface area contributed by atoms with Crippen LogP contribution in [0.15, 0.2) is 16.6 Å². The molecule has 0 aliphatic heterocycles. The lowest BCUT2D eigenvalue weighted by molar-refractivity contribution is -0.121. The van der Waals surface area contributed by atoms with Gasteiger partial charge in [-0.15, -0.1) is 0 Å².